The van der Waals surface area contributed by atoms with Gasteiger partial charge in [-0.15, -0.1) is 0 Å². The fourth-order valence-electron chi connectivity index (χ4n) is 0.489. The monoisotopic (exact) mass is 122 g/mol. The van der Waals surface area contributed by atoms with Crippen molar-refractivity contribution in [2.45, 2.75) is 0 Å². The Morgan fingerprint density at radius 3 is 2.78 bits per heavy atom. The molecule has 3 nitrogen and oxygen atoms in total. The second-order valence-corrected chi connectivity index (χ2v) is 1.55. The smallest absolute Gasteiger partial charge is 0.337 e. The Balaban J connectivity index is 2.98. The maximum absolute atomic E-state index is 10.2. The van der Waals surface area contributed by atoms with Gasteiger partial charge in [0.05, 0.1) is 5.56 Å². The van der Waals surface area contributed by atoms with Crippen molar-refractivity contribution in [3.8, 4) is 0 Å². The molecule has 1 aromatic rings. The van der Waals surface area contributed by atoms with Crippen molar-refractivity contribution in [2.24, 2.45) is 0 Å². The fourth-order valence-corrected chi connectivity index (χ4v) is 0.489. The van der Waals surface area contributed by atoms with Crippen LogP contribution in [0, 0.1) is 0 Å². The van der Waals surface area contributed by atoms with E-state index in [1.807, 2.05) is 0 Å². The first kappa shape index (κ1) is 5.75. The third kappa shape index (κ3) is 1.25. The third-order valence-electron chi connectivity index (χ3n) is 0.908. The lowest BCUT2D eigenvalue weighted by molar-refractivity contribution is 0.0696. The van der Waals surface area contributed by atoms with Crippen molar-refractivity contribution in [1.29, 1.82) is 0 Å². The Labute approximate surface area is 52.0 Å². The summed E-state index contributed by atoms with van der Waals surface area (Å²) in [5.74, 6) is -0.942. The molecule has 9 heavy (non-hydrogen) atoms. The number of hydrogen-bond acceptors (Lipinski definition) is 2. The summed E-state index contributed by atoms with van der Waals surface area (Å²) in [5, 5.41) is 8.34. The highest BCUT2D eigenvalue weighted by Crippen LogP contribution is 1.92. The SMILES string of the molecule is O=[11C](O)c1cccnc1. The van der Waals surface area contributed by atoms with Crippen LogP contribution in [0.1, 0.15) is 10.4 Å². The highest BCUT2D eigenvalue weighted by molar-refractivity contribution is 5.86. The van der Waals surface area contributed by atoms with Crippen LogP contribution in [-0.2, 0) is 0 Å². The van der Waals surface area contributed by atoms with Gasteiger partial charge in [0.15, 0.2) is 0 Å². The van der Waals surface area contributed by atoms with E-state index in [4.69, 9.17) is 5.11 Å². The van der Waals surface area contributed by atoms with Crippen molar-refractivity contribution in [1.82, 2.24) is 4.98 Å². The molecule has 0 aliphatic heterocycles. The van der Waals surface area contributed by atoms with Gasteiger partial charge in [-0.05, 0) is 12.1 Å². The molecule has 0 atom stereocenters. The molecule has 1 aromatic heterocycles. The van der Waals surface area contributed by atoms with E-state index < -0.39 is 5.97 Å². The first-order chi connectivity index (χ1) is 4.30. The minimum absolute atomic E-state index is 0.220. The zero-order valence-electron chi connectivity index (χ0n) is 4.61. The lowest BCUT2D eigenvalue weighted by atomic mass is 9.97. The molecule has 0 saturated heterocycles. The number of aromatic carboxylic acids is 1. The molecule has 1 rings (SSSR count). The van der Waals surface area contributed by atoms with Crippen LogP contribution in [-0.4, -0.2) is 16.1 Å². The molecule has 1 heterocycles. The third-order valence-corrected chi connectivity index (χ3v) is 0.908. The first-order valence-electron chi connectivity index (χ1n) is 2.44. The molecule has 0 fully saturated rings. The summed E-state index contributed by atoms with van der Waals surface area (Å²) < 4.78 is 0. The summed E-state index contributed by atoms with van der Waals surface area (Å²) in [6.07, 6.45) is 2.84. The molecular formula is C6H5NO2. The topological polar surface area (TPSA) is 50.2 Å². The predicted molar refractivity (Wildman–Crippen MR) is 31.2 cm³/mol. The maximum atomic E-state index is 10.2. The van der Waals surface area contributed by atoms with Gasteiger partial charge < -0.3 is 5.11 Å². The van der Waals surface area contributed by atoms with Crippen molar-refractivity contribution in [2.75, 3.05) is 0 Å². The molecule has 0 aromatic carbocycles. The normalized spacial score (nSPS) is 8.89. The number of hydrogen-bond donors (Lipinski definition) is 1. The number of rotatable bonds is 1. The van der Waals surface area contributed by atoms with Gasteiger partial charge in [0, 0.05) is 12.4 Å². The molecule has 0 spiro atoms. The largest absolute Gasteiger partial charge is 0.478 e. The second-order valence-electron chi connectivity index (χ2n) is 1.55. The van der Waals surface area contributed by atoms with Gasteiger partial charge in [-0.1, -0.05) is 0 Å². The average Bonchev–Trinajstić information content (AvgIpc) is 1.90. The Kier molecular flexibility index (Phi) is 1.44. The number of nitrogens with zero attached hydrogens (tertiary/aromatic N) is 1. The molecule has 0 amide bonds. The standard InChI is InChI=1S/C6H5NO2/c8-6(9)5-2-1-3-7-4-5/h1-4H,(H,8,9)/i6-1. The summed E-state index contributed by atoms with van der Waals surface area (Å²) >= 11 is 0. The Morgan fingerprint density at radius 1 is 1.67 bits per heavy atom. The highest BCUT2D eigenvalue weighted by Gasteiger charge is 1.97. The summed E-state index contributed by atoms with van der Waals surface area (Å²) in [6.45, 7) is 0. The van der Waals surface area contributed by atoms with E-state index in [9.17, 15) is 4.79 Å². The Bertz CT molecular complexity index is 208. The Hall–Kier alpha value is -1.38. The van der Waals surface area contributed by atoms with Crippen LogP contribution in [0.2, 0.25) is 0 Å². The zero-order valence-corrected chi connectivity index (χ0v) is 4.61. The number of pyridine rings is 1. The van der Waals surface area contributed by atoms with Crippen LogP contribution in [0.5, 0.6) is 0 Å². The van der Waals surface area contributed by atoms with Crippen molar-refractivity contribution in [3.63, 3.8) is 0 Å². The first-order valence-corrected chi connectivity index (χ1v) is 2.44. The van der Waals surface area contributed by atoms with E-state index in [-0.39, 0.29) is 5.56 Å². The molecular weight excluding hydrogens is 117 g/mol. The molecule has 0 radical (unpaired) electrons. The molecule has 0 unspecified atom stereocenters. The molecule has 0 aliphatic rings. The number of carbonyl (C=O) groups is 1. The lowest BCUT2D eigenvalue weighted by Crippen LogP contribution is -1.94. The molecule has 46 valence electrons. The predicted octanol–water partition coefficient (Wildman–Crippen LogP) is 0.780. The van der Waals surface area contributed by atoms with Crippen molar-refractivity contribution in [3.05, 3.63) is 30.1 Å². The number of carboxylic acid groups (broad SMARTS) is 1. The fraction of sp³-hybridized carbons (Fsp3) is 0. The molecule has 1 N–H and O–H groups in total. The van der Waals surface area contributed by atoms with E-state index in [1.165, 1.54) is 18.5 Å². The lowest BCUT2D eigenvalue weighted by Gasteiger charge is -1.87. The summed E-state index contributed by atoms with van der Waals surface area (Å²) in [4.78, 5) is 13.8. The van der Waals surface area contributed by atoms with Crippen molar-refractivity contribution < 1.29 is 9.90 Å². The van der Waals surface area contributed by atoms with Crippen LogP contribution in [0.4, 0.5) is 0 Å². The summed E-state index contributed by atoms with van der Waals surface area (Å²) in [6, 6.07) is 3.08. The van der Waals surface area contributed by atoms with Gasteiger partial charge >= 0.3 is 5.97 Å². The molecule has 0 bridgehead atoms. The van der Waals surface area contributed by atoms with Gasteiger partial charge in [0.25, 0.3) is 0 Å². The van der Waals surface area contributed by atoms with Crippen LogP contribution < -0.4 is 0 Å². The van der Waals surface area contributed by atoms with E-state index in [2.05, 4.69) is 4.98 Å². The maximum Gasteiger partial charge on any atom is 0.337 e. The average molecular weight is 122 g/mol. The van der Waals surface area contributed by atoms with E-state index in [0.29, 0.717) is 0 Å². The molecule has 0 aliphatic carbocycles. The van der Waals surface area contributed by atoms with E-state index in [1.54, 1.807) is 6.07 Å². The number of carboxylic acids is 1. The van der Waals surface area contributed by atoms with Crippen LogP contribution in [0.15, 0.2) is 24.5 Å². The minimum atomic E-state index is -0.942. The van der Waals surface area contributed by atoms with Crippen molar-refractivity contribution >= 4 is 5.97 Å². The Morgan fingerprint density at radius 2 is 2.44 bits per heavy atom. The minimum Gasteiger partial charge on any atom is -0.478 e. The molecule has 3 heteroatoms. The summed E-state index contributed by atoms with van der Waals surface area (Å²) in [7, 11) is 0. The number of aromatic nitrogens is 1. The van der Waals surface area contributed by atoms with Crippen LogP contribution in [0.25, 0.3) is 0 Å². The summed E-state index contributed by atoms with van der Waals surface area (Å²) in [5.41, 5.74) is 0.220. The molecule has 0 saturated carbocycles. The van der Waals surface area contributed by atoms with Gasteiger partial charge in [0.2, 0.25) is 0 Å². The van der Waals surface area contributed by atoms with Gasteiger partial charge in [-0.3, -0.25) is 4.98 Å². The van der Waals surface area contributed by atoms with Crippen LogP contribution >= 0.6 is 0 Å². The van der Waals surface area contributed by atoms with E-state index >= 15 is 0 Å². The highest BCUT2D eigenvalue weighted by atomic mass is 16.3. The van der Waals surface area contributed by atoms with Gasteiger partial charge in [-0.2, -0.15) is 0 Å². The quantitative estimate of drug-likeness (QED) is 0.598. The zero-order chi connectivity index (χ0) is 6.69. The second kappa shape index (κ2) is 2.26. The van der Waals surface area contributed by atoms with Gasteiger partial charge in [-0.25, -0.2) is 4.79 Å². The van der Waals surface area contributed by atoms with Crippen LogP contribution in [0.3, 0.4) is 0 Å². The van der Waals surface area contributed by atoms with E-state index in [0.717, 1.165) is 0 Å². The van der Waals surface area contributed by atoms with Gasteiger partial charge in [0.1, 0.15) is 0 Å².